The van der Waals surface area contributed by atoms with E-state index in [2.05, 4.69) is 15.6 Å². The number of benzene rings is 2. The highest BCUT2D eigenvalue weighted by Gasteiger charge is 2.17. The Balaban J connectivity index is 1.60. The number of H-pyrrole nitrogens is 1. The minimum Gasteiger partial charge on any atom is -0.496 e. The maximum atomic E-state index is 12.1. The molecule has 2 N–H and O–H groups in total. The molecule has 4 aromatic rings. The van der Waals surface area contributed by atoms with Crippen LogP contribution in [0.4, 0.5) is 0 Å². The van der Waals surface area contributed by atoms with E-state index in [1.165, 1.54) is 20.3 Å². The summed E-state index contributed by atoms with van der Waals surface area (Å²) in [5, 5.41) is 7.09. The zero-order valence-electron chi connectivity index (χ0n) is 19.2. The summed E-state index contributed by atoms with van der Waals surface area (Å²) in [6, 6.07) is 15.5. The molecule has 35 heavy (non-hydrogen) atoms. The third-order valence-corrected chi connectivity index (χ3v) is 5.43. The van der Waals surface area contributed by atoms with E-state index in [0.29, 0.717) is 33.4 Å². The molecule has 0 fully saturated rings. The number of aromatic nitrogens is 3. The monoisotopic (exact) mass is 494 g/mol. The second kappa shape index (κ2) is 10.3. The lowest BCUT2D eigenvalue weighted by Gasteiger charge is -2.11. The highest BCUT2D eigenvalue weighted by atomic mass is 32.1. The zero-order chi connectivity index (χ0) is 24.9. The molecule has 0 aliphatic carbocycles. The van der Waals surface area contributed by atoms with Gasteiger partial charge in [-0.1, -0.05) is 12.1 Å². The second-order valence-corrected chi connectivity index (χ2v) is 7.66. The van der Waals surface area contributed by atoms with Crippen LogP contribution in [0.25, 0.3) is 22.7 Å². The van der Waals surface area contributed by atoms with E-state index < -0.39 is 11.9 Å². The summed E-state index contributed by atoms with van der Waals surface area (Å²) in [7, 11) is 4.12. The first kappa shape index (κ1) is 23.8. The summed E-state index contributed by atoms with van der Waals surface area (Å²) < 4.78 is 23.0. The van der Waals surface area contributed by atoms with Gasteiger partial charge < -0.3 is 24.1 Å². The van der Waals surface area contributed by atoms with Gasteiger partial charge in [-0.25, -0.2) is 19.4 Å². The summed E-state index contributed by atoms with van der Waals surface area (Å²) >= 11 is 5.37. The number of nitrogens with one attached hydrogen (secondary N) is 2. The molecule has 0 saturated heterocycles. The Morgan fingerprint density at radius 3 is 2.37 bits per heavy atom. The number of hydrogen-bond acceptors (Lipinski definition) is 9. The van der Waals surface area contributed by atoms with Crippen molar-refractivity contribution in [3.05, 3.63) is 76.3 Å². The van der Waals surface area contributed by atoms with E-state index in [0.717, 1.165) is 5.56 Å². The maximum absolute atomic E-state index is 12.1. The molecule has 0 saturated carbocycles. The van der Waals surface area contributed by atoms with Crippen LogP contribution in [0.15, 0.2) is 59.0 Å². The van der Waals surface area contributed by atoms with Gasteiger partial charge in [-0.05, 0) is 54.7 Å². The van der Waals surface area contributed by atoms with Crippen molar-refractivity contribution in [2.45, 2.75) is 6.54 Å². The molecule has 11 heteroatoms. The van der Waals surface area contributed by atoms with Crippen LogP contribution in [-0.4, -0.2) is 48.1 Å². The molecule has 0 bridgehead atoms. The predicted molar refractivity (Wildman–Crippen MR) is 129 cm³/mol. The van der Waals surface area contributed by atoms with Gasteiger partial charge in [-0.3, -0.25) is 0 Å². The number of carbonyl (C=O) groups excluding carboxylic acids is 2. The molecule has 2 aromatic carbocycles. The SMILES string of the molecule is COC(=O)c1cc(C(=O)OC)cc(-c2ccc(CNn3c(-c4ccccc4OC)n[nH]c3=S)o2)c1. The van der Waals surface area contributed by atoms with E-state index in [9.17, 15) is 9.59 Å². The van der Waals surface area contributed by atoms with Crippen LogP contribution in [0.2, 0.25) is 0 Å². The Kier molecular flexibility index (Phi) is 6.97. The van der Waals surface area contributed by atoms with Crippen LogP contribution in [-0.2, 0) is 16.0 Å². The third-order valence-electron chi connectivity index (χ3n) is 5.15. The molecule has 10 nitrogen and oxygen atoms in total. The Morgan fingerprint density at radius 2 is 1.71 bits per heavy atom. The standard InChI is InChI=1S/C24H22N4O6S/c1-31-20-7-5-4-6-18(20)21-26-27-24(35)28(21)25-13-17-8-9-19(34-17)14-10-15(22(29)32-2)12-16(11-14)23(30)33-3/h4-12,25H,13H2,1-3H3,(H,27,35). The summed E-state index contributed by atoms with van der Waals surface area (Å²) in [6.07, 6.45) is 0. The van der Waals surface area contributed by atoms with Crippen molar-refractivity contribution >= 4 is 24.2 Å². The van der Waals surface area contributed by atoms with Crippen molar-refractivity contribution in [3.63, 3.8) is 0 Å². The average molecular weight is 495 g/mol. The van der Waals surface area contributed by atoms with Gasteiger partial charge in [0.25, 0.3) is 0 Å². The normalized spacial score (nSPS) is 10.6. The number of esters is 2. The third kappa shape index (κ3) is 4.94. The van der Waals surface area contributed by atoms with Gasteiger partial charge in [0.05, 0.1) is 44.6 Å². The number of nitrogens with zero attached hydrogens (tertiary/aromatic N) is 2. The number of ether oxygens (including phenoxy) is 3. The summed E-state index contributed by atoms with van der Waals surface area (Å²) in [5.41, 5.74) is 4.87. The predicted octanol–water partition coefficient (Wildman–Crippen LogP) is 4.19. The van der Waals surface area contributed by atoms with Gasteiger partial charge in [0.2, 0.25) is 4.77 Å². The van der Waals surface area contributed by atoms with Crippen molar-refractivity contribution in [1.82, 2.24) is 14.9 Å². The molecule has 0 radical (unpaired) electrons. The van der Waals surface area contributed by atoms with Crippen molar-refractivity contribution < 1.29 is 28.2 Å². The van der Waals surface area contributed by atoms with Crippen LogP contribution in [0.1, 0.15) is 26.5 Å². The summed E-state index contributed by atoms with van der Waals surface area (Å²) in [4.78, 5) is 24.2. The highest BCUT2D eigenvalue weighted by molar-refractivity contribution is 7.71. The lowest BCUT2D eigenvalue weighted by molar-refractivity contribution is 0.0599. The largest absolute Gasteiger partial charge is 0.496 e. The summed E-state index contributed by atoms with van der Waals surface area (Å²) in [6.45, 7) is 0.274. The summed E-state index contributed by atoms with van der Waals surface area (Å²) in [5.74, 6) is 1.08. The van der Waals surface area contributed by atoms with E-state index in [1.807, 2.05) is 24.3 Å². The molecule has 0 aliphatic rings. The average Bonchev–Trinajstić information content (AvgIpc) is 3.52. The van der Waals surface area contributed by atoms with Gasteiger partial charge in [-0.15, -0.1) is 0 Å². The first-order valence-electron chi connectivity index (χ1n) is 10.4. The van der Waals surface area contributed by atoms with Crippen molar-refractivity contribution in [2.75, 3.05) is 26.8 Å². The van der Waals surface area contributed by atoms with Gasteiger partial charge in [-0.2, -0.15) is 5.10 Å². The molecule has 2 aromatic heterocycles. The first-order valence-corrected chi connectivity index (χ1v) is 10.8. The molecule has 2 heterocycles. The molecule has 4 rings (SSSR count). The number of aromatic amines is 1. The first-order chi connectivity index (χ1) is 16.9. The minimum atomic E-state index is -0.580. The highest BCUT2D eigenvalue weighted by Crippen LogP contribution is 2.28. The van der Waals surface area contributed by atoms with Crippen LogP contribution < -0.4 is 10.2 Å². The second-order valence-electron chi connectivity index (χ2n) is 7.27. The lowest BCUT2D eigenvalue weighted by Crippen LogP contribution is -2.15. The van der Waals surface area contributed by atoms with Crippen molar-refractivity contribution in [1.29, 1.82) is 0 Å². The Bertz CT molecular complexity index is 1400. The number of hydrogen-bond donors (Lipinski definition) is 2. The van der Waals surface area contributed by atoms with E-state index in [1.54, 1.807) is 36.1 Å². The van der Waals surface area contributed by atoms with Gasteiger partial charge in [0, 0.05) is 5.56 Å². The van der Waals surface area contributed by atoms with E-state index in [-0.39, 0.29) is 17.7 Å². The number of rotatable bonds is 8. The number of carbonyl (C=O) groups is 2. The number of furan rings is 1. The van der Waals surface area contributed by atoms with Crippen molar-refractivity contribution in [2.24, 2.45) is 0 Å². The Morgan fingerprint density at radius 1 is 1.03 bits per heavy atom. The van der Waals surface area contributed by atoms with E-state index in [4.69, 9.17) is 30.8 Å². The lowest BCUT2D eigenvalue weighted by atomic mass is 10.0. The molecule has 180 valence electrons. The van der Waals surface area contributed by atoms with Gasteiger partial charge in [0.15, 0.2) is 5.82 Å². The van der Waals surface area contributed by atoms with E-state index >= 15 is 0 Å². The molecular weight excluding hydrogens is 472 g/mol. The quantitative estimate of drug-likeness (QED) is 0.274. The maximum Gasteiger partial charge on any atom is 0.337 e. The van der Waals surface area contributed by atoms with Crippen LogP contribution in [0, 0.1) is 4.77 Å². The van der Waals surface area contributed by atoms with Crippen LogP contribution >= 0.6 is 12.2 Å². The number of para-hydroxylation sites is 1. The zero-order valence-corrected chi connectivity index (χ0v) is 20.0. The van der Waals surface area contributed by atoms with Crippen LogP contribution in [0.5, 0.6) is 5.75 Å². The molecule has 0 unspecified atom stereocenters. The van der Waals surface area contributed by atoms with Crippen molar-refractivity contribution in [3.8, 4) is 28.5 Å². The molecule has 0 aliphatic heterocycles. The fourth-order valence-electron chi connectivity index (χ4n) is 3.48. The Hall–Kier alpha value is -4.38. The topological polar surface area (TPSA) is 121 Å². The molecular formula is C24H22N4O6S. The van der Waals surface area contributed by atoms with Gasteiger partial charge >= 0.3 is 11.9 Å². The number of methoxy groups -OCH3 is 3. The fourth-order valence-corrected chi connectivity index (χ4v) is 3.68. The van der Waals surface area contributed by atoms with Crippen LogP contribution in [0.3, 0.4) is 0 Å². The molecule has 0 atom stereocenters. The Labute approximate surface area is 205 Å². The molecule has 0 spiro atoms. The minimum absolute atomic E-state index is 0.202. The smallest absolute Gasteiger partial charge is 0.337 e. The fraction of sp³-hybridized carbons (Fsp3) is 0.167. The van der Waals surface area contributed by atoms with Gasteiger partial charge in [0.1, 0.15) is 17.3 Å². The molecule has 0 amide bonds.